The number of nitrogens with zero attached hydrogens (tertiary/aromatic N) is 1. The Labute approximate surface area is 215 Å². The van der Waals surface area contributed by atoms with Crippen molar-refractivity contribution < 1.29 is 14.9 Å². The topological polar surface area (TPSA) is 52.9 Å². The Kier molecular flexibility index (Phi) is 9.07. The fraction of sp³-hybridized carbons (Fsp3) is 0.375. The van der Waals surface area contributed by atoms with Crippen molar-refractivity contribution in [3.8, 4) is 17.2 Å². The molecule has 190 valence electrons. The van der Waals surface area contributed by atoms with Crippen molar-refractivity contribution in [3.63, 3.8) is 0 Å². The molecular formula is C32H39NO3. The van der Waals surface area contributed by atoms with E-state index in [0.717, 1.165) is 66.8 Å². The summed E-state index contributed by atoms with van der Waals surface area (Å²) in [7, 11) is 0. The van der Waals surface area contributed by atoms with Gasteiger partial charge in [0.15, 0.2) is 0 Å². The average molecular weight is 486 g/mol. The molecule has 1 aliphatic rings. The number of aromatic hydroxyl groups is 2. The molecule has 2 N–H and O–H groups in total. The molecule has 0 aromatic heterocycles. The van der Waals surface area contributed by atoms with Gasteiger partial charge < -0.3 is 14.9 Å². The average Bonchev–Trinajstić information content (AvgIpc) is 3.44. The van der Waals surface area contributed by atoms with Gasteiger partial charge in [0.05, 0.1) is 0 Å². The maximum absolute atomic E-state index is 9.92. The first-order valence-electron chi connectivity index (χ1n) is 13.3. The molecule has 4 rings (SSSR count). The largest absolute Gasteiger partial charge is 0.508 e. The van der Waals surface area contributed by atoms with E-state index in [2.05, 4.69) is 36.9 Å². The highest BCUT2D eigenvalue weighted by Gasteiger charge is 2.19. The highest BCUT2D eigenvalue weighted by molar-refractivity contribution is 5.98. The minimum absolute atomic E-state index is 0.249. The number of hydrogen-bond donors (Lipinski definition) is 2. The first-order chi connectivity index (χ1) is 17.5. The van der Waals surface area contributed by atoms with Gasteiger partial charge in [0.2, 0.25) is 0 Å². The summed E-state index contributed by atoms with van der Waals surface area (Å²) in [5.74, 6) is 1.39. The van der Waals surface area contributed by atoms with Crippen LogP contribution in [-0.2, 0) is 0 Å². The van der Waals surface area contributed by atoms with Gasteiger partial charge in [-0.05, 0) is 110 Å². The van der Waals surface area contributed by atoms with Crippen molar-refractivity contribution in [2.45, 2.75) is 58.4 Å². The molecule has 0 radical (unpaired) electrons. The van der Waals surface area contributed by atoms with E-state index in [1.165, 1.54) is 18.4 Å². The number of allylic oxidation sites excluding steroid dienone is 1. The highest BCUT2D eigenvalue weighted by Crippen LogP contribution is 2.37. The van der Waals surface area contributed by atoms with E-state index >= 15 is 0 Å². The minimum Gasteiger partial charge on any atom is -0.508 e. The Morgan fingerprint density at radius 3 is 2.03 bits per heavy atom. The van der Waals surface area contributed by atoms with Crippen LogP contribution >= 0.6 is 0 Å². The van der Waals surface area contributed by atoms with Crippen molar-refractivity contribution in [2.75, 3.05) is 19.7 Å². The standard InChI is InChI=1S/C32H39NO3/c1-3-4-5-11-31(27-9-8-10-30(22-27)36-23-24(2)33-20-6-7-21-33)32(25-12-16-28(34)17-13-25)26-14-18-29(35)19-15-26/h8-10,12-19,22,24,34-35H,3-7,11,20-21,23H2,1-2H3. The van der Waals surface area contributed by atoms with Crippen LogP contribution in [0.2, 0.25) is 0 Å². The van der Waals surface area contributed by atoms with Gasteiger partial charge in [-0.15, -0.1) is 0 Å². The molecule has 1 heterocycles. The molecule has 1 aliphatic heterocycles. The number of unbranched alkanes of at least 4 members (excludes halogenated alkanes) is 2. The predicted molar refractivity (Wildman–Crippen MR) is 148 cm³/mol. The maximum atomic E-state index is 9.92. The molecule has 1 unspecified atom stereocenters. The number of phenols is 2. The van der Waals surface area contributed by atoms with Crippen LogP contribution in [0.3, 0.4) is 0 Å². The zero-order valence-corrected chi connectivity index (χ0v) is 21.6. The van der Waals surface area contributed by atoms with E-state index < -0.39 is 0 Å². The Balaban J connectivity index is 1.73. The van der Waals surface area contributed by atoms with Gasteiger partial charge >= 0.3 is 0 Å². The molecule has 1 saturated heterocycles. The second kappa shape index (κ2) is 12.6. The van der Waals surface area contributed by atoms with E-state index in [9.17, 15) is 10.2 Å². The van der Waals surface area contributed by atoms with Gasteiger partial charge in [0.25, 0.3) is 0 Å². The number of ether oxygens (including phenoxy) is 1. The van der Waals surface area contributed by atoms with Crippen molar-refractivity contribution in [1.82, 2.24) is 4.90 Å². The summed E-state index contributed by atoms with van der Waals surface area (Å²) in [5.41, 5.74) is 5.60. The lowest BCUT2D eigenvalue weighted by Gasteiger charge is -2.24. The normalized spacial score (nSPS) is 14.5. The Morgan fingerprint density at radius 1 is 0.833 bits per heavy atom. The van der Waals surface area contributed by atoms with Crippen molar-refractivity contribution in [1.29, 1.82) is 0 Å². The lowest BCUT2D eigenvalue weighted by molar-refractivity contribution is 0.172. The molecule has 1 fully saturated rings. The summed E-state index contributed by atoms with van der Waals surface area (Å²) >= 11 is 0. The van der Waals surface area contributed by atoms with Gasteiger partial charge in [-0.25, -0.2) is 0 Å². The lowest BCUT2D eigenvalue weighted by atomic mass is 9.86. The third kappa shape index (κ3) is 6.70. The number of phenolic OH excluding ortho intramolecular Hbond substituents is 2. The van der Waals surface area contributed by atoms with E-state index in [4.69, 9.17) is 4.74 Å². The number of benzene rings is 3. The number of likely N-dealkylation sites (tertiary alicyclic amines) is 1. The summed E-state index contributed by atoms with van der Waals surface area (Å²) in [4.78, 5) is 2.51. The molecule has 4 nitrogen and oxygen atoms in total. The van der Waals surface area contributed by atoms with Gasteiger partial charge in [-0.3, -0.25) is 4.90 Å². The summed E-state index contributed by atoms with van der Waals surface area (Å²) < 4.78 is 6.29. The summed E-state index contributed by atoms with van der Waals surface area (Å²) in [5, 5.41) is 19.8. The summed E-state index contributed by atoms with van der Waals surface area (Å²) in [6, 6.07) is 23.7. The second-order valence-corrected chi connectivity index (χ2v) is 9.84. The van der Waals surface area contributed by atoms with Crippen molar-refractivity contribution >= 4 is 11.1 Å². The monoisotopic (exact) mass is 485 g/mol. The molecule has 0 saturated carbocycles. The SMILES string of the molecule is CCCCCC(=C(c1ccc(O)cc1)c1ccc(O)cc1)c1cccc(OCC(C)N2CCCC2)c1. The Morgan fingerprint density at radius 2 is 1.44 bits per heavy atom. The van der Waals surface area contributed by atoms with E-state index in [0.29, 0.717) is 12.6 Å². The maximum Gasteiger partial charge on any atom is 0.119 e. The molecule has 36 heavy (non-hydrogen) atoms. The van der Waals surface area contributed by atoms with Gasteiger partial charge in [-0.1, -0.05) is 56.2 Å². The van der Waals surface area contributed by atoms with E-state index in [1.54, 1.807) is 24.3 Å². The molecule has 0 aliphatic carbocycles. The summed E-state index contributed by atoms with van der Waals surface area (Å²) in [6.07, 6.45) is 6.89. The second-order valence-electron chi connectivity index (χ2n) is 9.84. The first kappa shape index (κ1) is 25.8. The third-order valence-corrected chi connectivity index (χ3v) is 7.08. The van der Waals surface area contributed by atoms with Crippen molar-refractivity contribution in [2.24, 2.45) is 0 Å². The van der Waals surface area contributed by atoms with E-state index in [-0.39, 0.29) is 11.5 Å². The number of hydrogen-bond acceptors (Lipinski definition) is 4. The van der Waals surface area contributed by atoms with Crippen LogP contribution in [0, 0.1) is 0 Å². The van der Waals surface area contributed by atoms with Crippen LogP contribution in [0.1, 0.15) is 69.1 Å². The first-order valence-corrected chi connectivity index (χ1v) is 13.3. The molecule has 3 aromatic carbocycles. The fourth-order valence-corrected chi connectivity index (χ4v) is 5.01. The molecule has 4 heteroatoms. The Hall–Kier alpha value is -3.24. The van der Waals surface area contributed by atoms with Gasteiger partial charge in [-0.2, -0.15) is 0 Å². The van der Waals surface area contributed by atoms with Crippen LogP contribution < -0.4 is 4.74 Å². The summed E-state index contributed by atoms with van der Waals surface area (Å²) in [6.45, 7) is 7.48. The predicted octanol–water partition coefficient (Wildman–Crippen LogP) is 7.50. The van der Waals surface area contributed by atoms with Crippen LogP contribution in [0.4, 0.5) is 0 Å². The van der Waals surface area contributed by atoms with Crippen LogP contribution in [0.5, 0.6) is 17.2 Å². The lowest BCUT2D eigenvalue weighted by Crippen LogP contribution is -2.34. The molecule has 0 bridgehead atoms. The third-order valence-electron chi connectivity index (χ3n) is 7.08. The minimum atomic E-state index is 0.249. The Bertz CT molecular complexity index is 1080. The molecule has 1 atom stereocenters. The van der Waals surface area contributed by atoms with Crippen LogP contribution in [-0.4, -0.2) is 40.9 Å². The van der Waals surface area contributed by atoms with Gasteiger partial charge in [0.1, 0.15) is 23.9 Å². The zero-order chi connectivity index (χ0) is 25.3. The highest BCUT2D eigenvalue weighted by atomic mass is 16.5. The zero-order valence-electron chi connectivity index (χ0n) is 21.6. The van der Waals surface area contributed by atoms with Gasteiger partial charge in [0, 0.05) is 6.04 Å². The quantitative estimate of drug-likeness (QED) is 0.218. The molecule has 0 spiro atoms. The molecular weight excluding hydrogens is 446 g/mol. The van der Waals surface area contributed by atoms with Crippen molar-refractivity contribution in [3.05, 3.63) is 89.5 Å². The fourth-order valence-electron chi connectivity index (χ4n) is 5.01. The molecule has 0 amide bonds. The molecule has 3 aromatic rings. The van der Waals surface area contributed by atoms with Crippen LogP contribution in [0.25, 0.3) is 11.1 Å². The number of rotatable bonds is 11. The van der Waals surface area contributed by atoms with Crippen LogP contribution in [0.15, 0.2) is 72.8 Å². The smallest absolute Gasteiger partial charge is 0.119 e. The van der Waals surface area contributed by atoms with E-state index in [1.807, 2.05) is 30.3 Å².